The second-order valence-corrected chi connectivity index (χ2v) is 9.16. The van der Waals surface area contributed by atoms with Crippen molar-refractivity contribution in [3.8, 4) is 17.2 Å². The fourth-order valence-corrected chi connectivity index (χ4v) is 4.87. The third kappa shape index (κ3) is 5.17. The normalized spacial score (nSPS) is 13.3. The van der Waals surface area contributed by atoms with Gasteiger partial charge in [-0.3, -0.25) is 10.0 Å². The number of nitrogens with zero attached hydrogens (tertiary/aromatic N) is 3. The maximum absolute atomic E-state index is 13.0. The van der Waals surface area contributed by atoms with Gasteiger partial charge >= 0.3 is 0 Å². The van der Waals surface area contributed by atoms with Crippen LogP contribution in [-0.4, -0.2) is 40.7 Å². The van der Waals surface area contributed by atoms with Gasteiger partial charge in [0, 0.05) is 18.9 Å². The van der Waals surface area contributed by atoms with Crippen LogP contribution in [0.25, 0.3) is 5.69 Å². The Morgan fingerprint density at radius 3 is 2.35 bits per heavy atom. The van der Waals surface area contributed by atoms with Gasteiger partial charge < -0.3 is 9.15 Å². The number of ether oxygens (including phenoxy) is 1. The molecule has 1 aliphatic heterocycles. The molecule has 3 heterocycles. The van der Waals surface area contributed by atoms with Gasteiger partial charge in [-0.05, 0) is 72.6 Å². The van der Waals surface area contributed by atoms with Crippen molar-refractivity contribution >= 4 is 16.4 Å². The first kappa shape index (κ1) is 23.2. The highest BCUT2D eigenvalue weighted by Gasteiger charge is 2.29. The number of rotatable bonds is 6. The lowest BCUT2D eigenvalue weighted by Crippen LogP contribution is -2.35. The van der Waals surface area contributed by atoms with Gasteiger partial charge in [0.1, 0.15) is 17.3 Å². The molecule has 4 aromatic rings. The number of hydrogen-bond acceptors (Lipinski definition) is 7. The number of hydroxylamine groups is 1. The summed E-state index contributed by atoms with van der Waals surface area (Å²) in [5.74, 6) is 1.93. The summed E-state index contributed by atoms with van der Waals surface area (Å²) in [6.45, 7) is 0.696. The summed E-state index contributed by atoms with van der Waals surface area (Å²) in [7, 11) is -3.59. The molecule has 0 saturated heterocycles. The molecule has 0 saturated carbocycles. The lowest BCUT2D eigenvalue weighted by atomic mass is 10.1. The largest absolute Gasteiger partial charge is 0.468 e. The van der Waals surface area contributed by atoms with Crippen LogP contribution >= 0.6 is 0 Å². The van der Waals surface area contributed by atoms with Gasteiger partial charge in [0.05, 0.1) is 23.4 Å². The fourth-order valence-electron chi connectivity index (χ4n) is 3.47. The summed E-state index contributed by atoms with van der Waals surface area (Å²) in [5.41, 5.74) is 3.25. The molecule has 0 radical (unpaired) electrons. The molecule has 2 aromatic carbocycles. The molecular weight excluding hydrogens is 460 g/mol. The number of amides is 1. The standard InChI is InChI=1S/C22H19N3O4S.CH3NO2/c26-30(27,24-14-10-17-11-15-28-22(17)16-24)21-8-6-20(7-9-21)29-19-4-2-18(3-5-19)25-13-1-12-23-25;3-1-2-4/h1-9,11-13,15H,10,14,16H2;1,4H,(H,2,3). The van der Waals surface area contributed by atoms with Crippen LogP contribution in [0, 0.1) is 0 Å². The molecule has 11 heteroatoms. The first-order chi connectivity index (χ1) is 16.5. The van der Waals surface area contributed by atoms with Gasteiger partial charge in [0.25, 0.3) is 0 Å². The fraction of sp³-hybridized carbons (Fsp3) is 0.130. The van der Waals surface area contributed by atoms with Gasteiger partial charge in [0.2, 0.25) is 16.4 Å². The van der Waals surface area contributed by atoms with E-state index < -0.39 is 10.0 Å². The predicted molar refractivity (Wildman–Crippen MR) is 121 cm³/mol. The highest BCUT2D eigenvalue weighted by molar-refractivity contribution is 7.89. The van der Waals surface area contributed by atoms with E-state index in [4.69, 9.17) is 19.2 Å². The number of carbonyl (C=O) groups excluding carboxylic acids is 1. The van der Waals surface area contributed by atoms with E-state index in [1.54, 1.807) is 41.4 Å². The second-order valence-electron chi connectivity index (χ2n) is 7.22. The van der Waals surface area contributed by atoms with E-state index in [1.165, 1.54) is 9.79 Å². The van der Waals surface area contributed by atoms with E-state index in [9.17, 15) is 8.42 Å². The first-order valence-electron chi connectivity index (χ1n) is 10.3. The minimum absolute atomic E-state index is 0.181. The molecule has 1 aliphatic rings. The van der Waals surface area contributed by atoms with E-state index in [0.29, 0.717) is 30.2 Å². The van der Waals surface area contributed by atoms with E-state index >= 15 is 0 Å². The quantitative estimate of drug-likeness (QED) is 0.246. The van der Waals surface area contributed by atoms with Crippen molar-refractivity contribution in [2.24, 2.45) is 0 Å². The van der Waals surface area contributed by atoms with Gasteiger partial charge in [0.15, 0.2) is 0 Å². The van der Waals surface area contributed by atoms with E-state index in [2.05, 4.69) is 5.10 Å². The lowest BCUT2D eigenvalue weighted by molar-refractivity contribution is -0.116. The molecule has 0 spiro atoms. The van der Waals surface area contributed by atoms with Gasteiger partial charge in [-0.1, -0.05) is 0 Å². The SMILES string of the molecule is O=CNO.O=S(=O)(c1ccc(Oc2ccc(-n3cccn3)cc2)cc1)N1CCc2ccoc2C1. The van der Waals surface area contributed by atoms with Crippen molar-refractivity contribution in [3.63, 3.8) is 0 Å². The number of nitrogens with one attached hydrogen (secondary N) is 1. The number of furan rings is 1. The maximum Gasteiger partial charge on any atom is 0.243 e. The van der Waals surface area contributed by atoms with Crippen LogP contribution in [0.3, 0.4) is 0 Å². The second kappa shape index (κ2) is 10.3. The number of sulfonamides is 1. The zero-order chi connectivity index (χ0) is 24.0. The Morgan fingerprint density at radius 2 is 1.74 bits per heavy atom. The molecule has 0 bridgehead atoms. The summed E-state index contributed by atoms with van der Waals surface area (Å²) < 4.78 is 40.4. The third-order valence-corrected chi connectivity index (χ3v) is 7.00. The van der Waals surface area contributed by atoms with E-state index in [-0.39, 0.29) is 17.9 Å². The summed E-state index contributed by atoms with van der Waals surface area (Å²) in [5, 5.41) is 11.4. The molecule has 10 nitrogen and oxygen atoms in total. The molecule has 5 rings (SSSR count). The van der Waals surface area contributed by atoms with Crippen LogP contribution in [-0.2, 0) is 27.8 Å². The van der Waals surface area contributed by atoms with Crippen molar-refractivity contribution < 1.29 is 27.6 Å². The van der Waals surface area contributed by atoms with Crippen molar-refractivity contribution in [1.29, 1.82) is 0 Å². The van der Waals surface area contributed by atoms with E-state index in [0.717, 1.165) is 11.3 Å². The predicted octanol–water partition coefficient (Wildman–Crippen LogP) is 3.13. The number of aromatic nitrogens is 2. The van der Waals surface area contributed by atoms with Crippen LogP contribution in [0.4, 0.5) is 0 Å². The molecule has 1 amide bonds. The minimum atomic E-state index is -3.59. The molecular formula is C23H22N4O6S. The number of benzene rings is 2. The van der Waals surface area contributed by atoms with Crippen molar-refractivity contribution in [3.05, 3.63) is 90.6 Å². The summed E-state index contributed by atoms with van der Waals surface area (Å²) in [6.07, 6.45) is 6.02. The van der Waals surface area contributed by atoms with Crippen molar-refractivity contribution in [2.45, 2.75) is 17.9 Å². The molecule has 176 valence electrons. The molecule has 34 heavy (non-hydrogen) atoms. The highest BCUT2D eigenvalue weighted by Crippen LogP contribution is 2.28. The molecule has 0 unspecified atom stereocenters. The van der Waals surface area contributed by atoms with Gasteiger partial charge in [-0.25, -0.2) is 18.6 Å². The smallest absolute Gasteiger partial charge is 0.243 e. The lowest BCUT2D eigenvalue weighted by Gasteiger charge is -2.25. The Kier molecular flexibility index (Phi) is 7.07. The van der Waals surface area contributed by atoms with Crippen LogP contribution in [0.15, 0.2) is 88.6 Å². The zero-order valence-electron chi connectivity index (χ0n) is 17.9. The summed E-state index contributed by atoms with van der Waals surface area (Å²) >= 11 is 0. The molecule has 0 atom stereocenters. The summed E-state index contributed by atoms with van der Waals surface area (Å²) in [6, 6.07) is 17.7. The van der Waals surface area contributed by atoms with Crippen LogP contribution in [0.2, 0.25) is 0 Å². The Morgan fingerprint density at radius 1 is 1.06 bits per heavy atom. The Balaban J connectivity index is 0.000000636. The van der Waals surface area contributed by atoms with Gasteiger partial charge in [-0.2, -0.15) is 9.40 Å². The Labute approximate surface area is 196 Å². The number of fused-ring (bicyclic) bond motifs is 1. The minimum Gasteiger partial charge on any atom is -0.468 e. The zero-order valence-corrected chi connectivity index (χ0v) is 18.8. The number of hydrogen-bond donors (Lipinski definition) is 2. The third-order valence-electron chi connectivity index (χ3n) is 5.14. The van der Waals surface area contributed by atoms with Crippen molar-refractivity contribution in [1.82, 2.24) is 19.6 Å². The van der Waals surface area contributed by atoms with Gasteiger partial charge in [-0.15, -0.1) is 0 Å². The monoisotopic (exact) mass is 482 g/mol. The molecule has 2 aromatic heterocycles. The average molecular weight is 483 g/mol. The summed E-state index contributed by atoms with van der Waals surface area (Å²) in [4.78, 5) is 9.05. The van der Waals surface area contributed by atoms with Crippen LogP contribution in [0.5, 0.6) is 11.5 Å². The Hall–Kier alpha value is -3.93. The van der Waals surface area contributed by atoms with Crippen LogP contribution in [0.1, 0.15) is 11.3 Å². The maximum atomic E-state index is 13.0. The van der Waals surface area contributed by atoms with Crippen molar-refractivity contribution in [2.75, 3.05) is 6.54 Å². The number of carbonyl (C=O) groups is 1. The topological polar surface area (TPSA) is 127 Å². The highest BCUT2D eigenvalue weighted by atomic mass is 32.2. The first-order valence-corrected chi connectivity index (χ1v) is 11.7. The molecule has 0 fully saturated rings. The Bertz CT molecular complexity index is 1320. The van der Waals surface area contributed by atoms with E-state index in [1.807, 2.05) is 42.6 Å². The molecule has 0 aliphatic carbocycles. The van der Waals surface area contributed by atoms with Crippen LogP contribution < -0.4 is 10.2 Å². The molecule has 2 N–H and O–H groups in total. The average Bonchev–Trinajstić information content (AvgIpc) is 3.57.